The predicted molar refractivity (Wildman–Crippen MR) is 70.1 cm³/mol. The zero-order valence-electron chi connectivity index (χ0n) is 9.57. The van der Waals surface area contributed by atoms with Crippen LogP contribution in [-0.4, -0.2) is 15.1 Å². The third-order valence-corrected chi connectivity index (χ3v) is 3.40. The molecule has 0 aliphatic heterocycles. The van der Waals surface area contributed by atoms with Crippen molar-refractivity contribution in [2.45, 2.75) is 6.54 Å². The number of fused-ring (bicyclic) bond motifs is 1. The van der Waals surface area contributed by atoms with Gasteiger partial charge < -0.3 is 9.84 Å². The molecule has 2 heterocycles. The lowest BCUT2D eigenvalue weighted by Gasteiger charge is -2.05. The lowest BCUT2D eigenvalue weighted by Crippen LogP contribution is -2.02. The molecule has 1 aromatic carbocycles. The fourth-order valence-electron chi connectivity index (χ4n) is 1.76. The van der Waals surface area contributed by atoms with Crippen molar-refractivity contribution < 1.29 is 9.45 Å². The average Bonchev–Trinajstić information content (AvgIpc) is 3.06. The highest BCUT2D eigenvalue weighted by Gasteiger charge is 2.20. The van der Waals surface area contributed by atoms with E-state index in [2.05, 4.69) is 15.5 Å². The molecule has 0 unspecified atom stereocenters. The van der Waals surface area contributed by atoms with Crippen LogP contribution in [0, 0.1) is 10.1 Å². The van der Waals surface area contributed by atoms with Crippen molar-refractivity contribution >= 4 is 32.9 Å². The number of rotatable bonds is 4. The summed E-state index contributed by atoms with van der Waals surface area (Å²) in [6.45, 7) is 0.330. The summed E-state index contributed by atoms with van der Waals surface area (Å²) in [5, 5.41) is 17.7. The first-order chi connectivity index (χ1) is 9.25. The first-order valence-electron chi connectivity index (χ1n) is 5.40. The van der Waals surface area contributed by atoms with Gasteiger partial charge >= 0.3 is 5.69 Å². The standard InChI is InChI=1S/C11H8N4O3S/c16-15(17)11-8(12-5-7-3-4-14-18-7)1-2-9-10(11)13-6-19-9/h1-4,6,12H,5H2. The number of hydrogen-bond acceptors (Lipinski definition) is 7. The van der Waals surface area contributed by atoms with E-state index in [0.717, 1.165) is 4.70 Å². The van der Waals surface area contributed by atoms with Gasteiger partial charge in [0, 0.05) is 6.07 Å². The van der Waals surface area contributed by atoms with E-state index in [4.69, 9.17) is 4.52 Å². The van der Waals surface area contributed by atoms with Crippen molar-refractivity contribution in [1.82, 2.24) is 10.1 Å². The summed E-state index contributed by atoms with van der Waals surface area (Å²) in [6.07, 6.45) is 1.52. The topological polar surface area (TPSA) is 94.1 Å². The van der Waals surface area contributed by atoms with Crippen LogP contribution >= 0.6 is 11.3 Å². The van der Waals surface area contributed by atoms with Crippen molar-refractivity contribution in [3.05, 3.63) is 45.8 Å². The maximum absolute atomic E-state index is 11.2. The number of nitrogens with zero attached hydrogens (tertiary/aromatic N) is 3. The van der Waals surface area contributed by atoms with Gasteiger partial charge in [-0.1, -0.05) is 5.16 Å². The summed E-state index contributed by atoms with van der Waals surface area (Å²) < 4.78 is 5.72. The van der Waals surface area contributed by atoms with Crippen molar-refractivity contribution in [2.24, 2.45) is 0 Å². The Labute approximate surface area is 111 Å². The van der Waals surface area contributed by atoms with Crippen LogP contribution in [0.2, 0.25) is 0 Å². The van der Waals surface area contributed by atoms with Gasteiger partial charge in [-0.2, -0.15) is 0 Å². The minimum atomic E-state index is -0.426. The Morgan fingerprint density at radius 2 is 2.32 bits per heavy atom. The van der Waals surface area contributed by atoms with E-state index < -0.39 is 4.92 Å². The molecule has 19 heavy (non-hydrogen) atoms. The largest absolute Gasteiger partial charge is 0.372 e. The van der Waals surface area contributed by atoms with Crippen LogP contribution in [0.15, 0.2) is 34.4 Å². The molecule has 0 spiro atoms. The van der Waals surface area contributed by atoms with E-state index in [-0.39, 0.29) is 5.69 Å². The van der Waals surface area contributed by atoms with Gasteiger partial charge in [-0.25, -0.2) is 4.98 Å². The molecule has 0 saturated heterocycles. The van der Waals surface area contributed by atoms with Crippen LogP contribution in [0.4, 0.5) is 11.4 Å². The molecule has 0 aliphatic rings. The van der Waals surface area contributed by atoms with Gasteiger partial charge in [0.25, 0.3) is 0 Å². The van der Waals surface area contributed by atoms with Crippen molar-refractivity contribution in [2.75, 3.05) is 5.32 Å². The lowest BCUT2D eigenvalue weighted by molar-refractivity contribution is -0.382. The third-order valence-electron chi connectivity index (χ3n) is 2.60. The van der Waals surface area contributed by atoms with Gasteiger partial charge in [0.1, 0.15) is 5.69 Å². The molecule has 0 aliphatic carbocycles. The second-order valence-electron chi connectivity index (χ2n) is 3.75. The molecule has 1 N–H and O–H groups in total. The third kappa shape index (κ3) is 2.13. The summed E-state index contributed by atoms with van der Waals surface area (Å²) in [7, 11) is 0. The molecule has 0 bridgehead atoms. The summed E-state index contributed by atoms with van der Waals surface area (Å²) in [5.74, 6) is 0.604. The number of benzene rings is 1. The zero-order chi connectivity index (χ0) is 13.2. The van der Waals surface area contributed by atoms with Crippen LogP contribution in [0.3, 0.4) is 0 Å². The Kier molecular flexibility index (Phi) is 2.84. The van der Waals surface area contributed by atoms with Gasteiger partial charge in [-0.15, -0.1) is 11.3 Å². The molecule has 2 aromatic heterocycles. The van der Waals surface area contributed by atoms with Crippen LogP contribution in [-0.2, 0) is 6.54 Å². The number of thiazole rings is 1. The Morgan fingerprint density at radius 1 is 1.42 bits per heavy atom. The first-order valence-corrected chi connectivity index (χ1v) is 6.27. The quantitative estimate of drug-likeness (QED) is 0.581. The second-order valence-corrected chi connectivity index (χ2v) is 4.64. The van der Waals surface area contributed by atoms with Crippen LogP contribution in [0.25, 0.3) is 10.2 Å². The molecule has 3 rings (SSSR count). The highest BCUT2D eigenvalue weighted by molar-refractivity contribution is 7.16. The number of anilines is 1. The molecule has 0 saturated carbocycles. The molecular formula is C11H8N4O3S. The minimum Gasteiger partial charge on any atom is -0.372 e. The van der Waals surface area contributed by atoms with E-state index in [1.165, 1.54) is 17.5 Å². The smallest absolute Gasteiger partial charge is 0.319 e. The van der Waals surface area contributed by atoms with Gasteiger partial charge in [0.05, 0.1) is 27.9 Å². The molecular weight excluding hydrogens is 268 g/mol. The van der Waals surface area contributed by atoms with Crippen LogP contribution in [0.1, 0.15) is 5.76 Å². The molecule has 96 valence electrons. The fraction of sp³-hybridized carbons (Fsp3) is 0.0909. The van der Waals surface area contributed by atoms with Crippen LogP contribution < -0.4 is 5.32 Å². The Morgan fingerprint density at radius 3 is 3.05 bits per heavy atom. The van der Waals surface area contributed by atoms with E-state index >= 15 is 0 Å². The van der Waals surface area contributed by atoms with Crippen LogP contribution in [0.5, 0.6) is 0 Å². The SMILES string of the molecule is O=[N+]([O-])c1c(NCc2ccno2)ccc2scnc12. The summed E-state index contributed by atoms with van der Waals surface area (Å²) in [6, 6.07) is 5.18. The van der Waals surface area contributed by atoms with Gasteiger partial charge in [-0.05, 0) is 12.1 Å². The zero-order valence-corrected chi connectivity index (χ0v) is 10.4. The highest BCUT2D eigenvalue weighted by Crippen LogP contribution is 2.34. The van der Waals surface area contributed by atoms with Crippen molar-refractivity contribution in [3.63, 3.8) is 0 Å². The van der Waals surface area contributed by atoms with Gasteiger partial charge in [-0.3, -0.25) is 10.1 Å². The number of nitro groups is 1. The first kappa shape index (κ1) is 11.6. The molecule has 0 radical (unpaired) electrons. The minimum absolute atomic E-state index is 0.0155. The summed E-state index contributed by atoms with van der Waals surface area (Å²) in [5.41, 5.74) is 2.40. The fourth-order valence-corrected chi connectivity index (χ4v) is 2.44. The van der Waals surface area contributed by atoms with Gasteiger partial charge in [0.15, 0.2) is 11.3 Å². The van der Waals surface area contributed by atoms with E-state index in [1.54, 1.807) is 17.6 Å². The number of aromatic nitrogens is 2. The number of hydrogen-bond donors (Lipinski definition) is 1. The summed E-state index contributed by atoms with van der Waals surface area (Å²) >= 11 is 1.37. The Balaban J connectivity index is 1.97. The van der Waals surface area contributed by atoms with Gasteiger partial charge in [0.2, 0.25) is 0 Å². The monoisotopic (exact) mass is 276 g/mol. The lowest BCUT2D eigenvalue weighted by atomic mass is 10.2. The molecule has 0 amide bonds. The number of nitro benzene ring substituents is 1. The van der Waals surface area contributed by atoms with E-state index in [0.29, 0.717) is 23.5 Å². The normalized spacial score (nSPS) is 10.7. The molecule has 0 atom stereocenters. The maximum Gasteiger partial charge on any atom is 0.319 e. The predicted octanol–water partition coefficient (Wildman–Crippen LogP) is 2.80. The second kappa shape index (κ2) is 4.65. The molecule has 7 nitrogen and oxygen atoms in total. The summed E-state index contributed by atoms with van der Waals surface area (Å²) in [4.78, 5) is 14.8. The average molecular weight is 276 g/mol. The Hall–Kier alpha value is -2.48. The Bertz CT molecular complexity index is 723. The molecule has 0 fully saturated rings. The maximum atomic E-state index is 11.2. The number of nitrogens with one attached hydrogen (secondary N) is 1. The highest BCUT2D eigenvalue weighted by atomic mass is 32.1. The molecule has 8 heteroatoms. The van der Waals surface area contributed by atoms with E-state index in [9.17, 15) is 10.1 Å². The van der Waals surface area contributed by atoms with Crippen molar-refractivity contribution in [3.8, 4) is 0 Å². The van der Waals surface area contributed by atoms with Crippen molar-refractivity contribution in [1.29, 1.82) is 0 Å². The van der Waals surface area contributed by atoms with E-state index in [1.807, 2.05) is 6.07 Å². The molecule has 3 aromatic rings.